The van der Waals surface area contributed by atoms with E-state index in [1.54, 1.807) is 12.4 Å². The molecule has 4 rings (SSSR count). The third-order valence-electron chi connectivity index (χ3n) is 5.77. The molecule has 1 aromatic heterocycles. The molecule has 0 aliphatic heterocycles. The first-order valence-electron chi connectivity index (χ1n) is 8.40. The van der Waals surface area contributed by atoms with Crippen LogP contribution >= 0.6 is 0 Å². The quantitative estimate of drug-likeness (QED) is 0.865. The van der Waals surface area contributed by atoms with Gasteiger partial charge in [-0.25, -0.2) is 14.4 Å². The second kappa shape index (κ2) is 5.41. The minimum absolute atomic E-state index is 0.249. The molecule has 0 N–H and O–H groups in total. The van der Waals surface area contributed by atoms with Gasteiger partial charge in [0.1, 0.15) is 18.0 Å². The van der Waals surface area contributed by atoms with E-state index in [4.69, 9.17) is 4.74 Å². The zero-order chi connectivity index (χ0) is 16.0. The van der Waals surface area contributed by atoms with Gasteiger partial charge in [-0.05, 0) is 44.4 Å². The van der Waals surface area contributed by atoms with Gasteiger partial charge in [-0.1, -0.05) is 6.42 Å². The molecule has 4 nitrogen and oxygen atoms in total. The lowest BCUT2D eigenvalue weighted by Gasteiger charge is -2.63. The summed E-state index contributed by atoms with van der Waals surface area (Å²) in [6.07, 6.45) is 6.64. The maximum Gasteiger partial charge on any atom is 0.139 e. The molecule has 0 bridgehead atoms. The van der Waals surface area contributed by atoms with E-state index < -0.39 is 0 Å². The number of halogens is 1. The van der Waals surface area contributed by atoms with Crippen LogP contribution in [0.15, 0.2) is 24.5 Å². The number of nitrogens with zero attached hydrogens (tertiary/aromatic N) is 3. The summed E-state index contributed by atoms with van der Waals surface area (Å²) in [5.41, 5.74) is 1.04. The van der Waals surface area contributed by atoms with Crippen molar-refractivity contribution in [2.24, 2.45) is 5.41 Å². The lowest BCUT2D eigenvalue weighted by Crippen LogP contribution is -2.67. The largest absolute Gasteiger partial charge is 0.378 e. The van der Waals surface area contributed by atoms with E-state index in [-0.39, 0.29) is 11.2 Å². The average Bonchev–Trinajstić information content (AvgIpc) is 2.48. The molecule has 23 heavy (non-hydrogen) atoms. The van der Waals surface area contributed by atoms with Gasteiger partial charge in [0.25, 0.3) is 0 Å². The van der Waals surface area contributed by atoms with Gasteiger partial charge in [0.2, 0.25) is 0 Å². The molecule has 2 atom stereocenters. The molecule has 2 unspecified atom stereocenters. The fourth-order valence-corrected chi connectivity index (χ4v) is 4.39. The van der Waals surface area contributed by atoms with Gasteiger partial charge >= 0.3 is 0 Å². The second-order valence-electron chi connectivity index (χ2n) is 6.75. The third-order valence-corrected chi connectivity index (χ3v) is 5.77. The maximum atomic E-state index is 13.7. The predicted octanol–water partition coefficient (Wildman–Crippen LogP) is 3.55. The number of ether oxygens (including phenoxy) is 1. The van der Waals surface area contributed by atoms with Crippen molar-refractivity contribution in [3.63, 3.8) is 0 Å². The molecule has 1 heterocycles. The number of hydrogen-bond acceptors (Lipinski definition) is 4. The van der Waals surface area contributed by atoms with Crippen LogP contribution in [0.2, 0.25) is 0 Å². The second-order valence-corrected chi connectivity index (χ2v) is 6.75. The number of benzene rings is 1. The lowest BCUT2D eigenvalue weighted by molar-refractivity contribution is -0.164. The Balaban J connectivity index is 1.68. The van der Waals surface area contributed by atoms with Gasteiger partial charge in [0.15, 0.2) is 0 Å². The summed E-state index contributed by atoms with van der Waals surface area (Å²) in [4.78, 5) is 10.9. The van der Waals surface area contributed by atoms with Gasteiger partial charge in [-0.3, -0.25) is 0 Å². The first-order chi connectivity index (χ1) is 11.2. The van der Waals surface area contributed by atoms with Gasteiger partial charge in [-0.2, -0.15) is 0 Å². The summed E-state index contributed by atoms with van der Waals surface area (Å²) in [7, 11) is 2.07. The Morgan fingerprint density at radius 2 is 2.17 bits per heavy atom. The van der Waals surface area contributed by atoms with Crippen molar-refractivity contribution in [3.05, 3.63) is 30.3 Å². The topological polar surface area (TPSA) is 38.2 Å². The molecular weight excluding hydrogens is 293 g/mol. The molecule has 122 valence electrons. The summed E-state index contributed by atoms with van der Waals surface area (Å²) < 4.78 is 19.6. The van der Waals surface area contributed by atoms with E-state index in [1.165, 1.54) is 31.4 Å². The predicted molar refractivity (Wildman–Crippen MR) is 88.0 cm³/mol. The molecule has 0 amide bonds. The van der Waals surface area contributed by atoms with Crippen LogP contribution in [0.25, 0.3) is 10.9 Å². The SMILES string of the molecule is CCOC1CC(N(C)c2ncnc3ccc(F)cc23)C12CCC2. The molecule has 2 aromatic rings. The van der Waals surface area contributed by atoms with Crippen LogP contribution in [0.5, 0.6) is 0 Å². The molecular formula is C18H22FN3O. The number of fused-ring (bicyclic) bond motifs is 1. The van der Waals surface area contributed by atoms with Crippen molar-refractivity contribution in [2.45, 2.75) is 44.8 Å². The van der Waals surface area contributed by atoms with Crippen LogP contribution in [0.1, 0.15) is 32.6 Å². The number of aromatic nitrogens is 2. The zero-order valence-corrected chi connectivity index (χ0v) is 13.6. The third kappa shape index (κ3) is 2.13. The van der Waals surface area contributed by atoms with Crippen molar-refractivity contribution in [3.8, 4) is 0 Å². The monoisotopic (exact) mass is 315 g/mol. The first kappa shape index (κ1) is 14.8. The molecule has 0 radical (unpaired) electrons. The minimum atomic E-state index is -0.249. The lowest BCUT2D eigenvalue weighted by atomic mass is 9.50. The molecule has 1 aromatic carbocycles. The maximum absolute atomic E-state index is 13.7. The van der Waals surface area contributed by atoms with Gasteiger partial charge in [0, 0.05) is 30.5 Å². The van der Waals surface area contributed by atoms with Crippen LogP contribution in [0, 0.1) is 11.2 Å². The van der Waals surface area contributed by atoms with E-state index >= 15 is 0 Å². The molecule has 2 fully saturated rings. The van der Waals surface area contributed by atoms with Crippen molar-refractivity contribution in [2.75, 3.05) is 18.6 Å². The highest BCUT2D eigenvalue weighted by Crippen LogP contribution is 2.59. The highest BCUT2D eigenvalue weighted by Gasteiger charge is 2.60. The molecule has 0 saturated heterocycles. The van der Waals surface area contributed by atoms with Gasteiger partial charge in [0.05, 0.1) is 11.6 Å². The standard InChI is InChI=1S/C18H22FN3O/c1-3-23-16-10-15(18(16)7-4-8-18)22(2)17-13-9-12(19)5-6-14(13)20-11-21-17/h5-6,9,11,15-16H,3-4,7-8,10H2,1-2H3. The summed E-state index contributed by atoms with van der Waals surface area (Å²) >= 11 is 0. The van der Waals surface area contributed by atoms with E-state index in [0.717, 1.165) is 29.7 Å². The fraction of sp³-hybridized carbons (Fsp3) is 0.556. The first-order valence-corrected chi connectivity index (χ1v) is 8.40. The number of rotatable bonds is 4. The van der Waals surface area contributed by atoms with E-state index in [9.17, 15) is 4.39 Å². The minimum Gasteiger partial charge on any atom is -0.378 e. The van der Waals surface area contributed by atoms with Crippen molar-refractivity contribution in [1.29, 1.82) is 0 Å². The van der Waals surface area contributed by atoms with Crippen LogP contribution in [0.3, 0.4) is 0 Å². The van der Waals surface area contributed by atoms with Crippen molar-refractivity contribution in [1.82, 2.24) is 9.97 Å². The molecule has 2 aliphatic carbocycles. The van der Waals surface area contributed by atoms with Crippen LogP contribution in [-0.4, -0.2) is 35.8 Å². The Hall–Kier alpha value is -1.75. The molecule has 1 spiro atoms. The number of anilines is 1. The van der Waals surface area contributed by atoms with Gasteiger partial charge in [-0.15, -0.1) is 0 Å². The van der Waals surface area contributed by atoms with Crippen LogP contribution in [0.4, 0.5) is 10.2 Å². The smallest absolute Gasteiger partial charge is 0.139 e. The molecule has 2 saturated carbocycles. The summed E-state index contributed by atoms with van der Waals surface area (Å²) in [5, 5.41) is 0.782. The molecule has 2 aliphatic rings. The summed E-state index contributed by atoms with van der Waals surface area (Å²) in [6, 6.07) is 5.11. The highest BCUT2D eigenvalue weighted by atomic mass is 19.1. The summed E-state index contributed by atoms with van der Waals surface area (Å²) in [5.74, 6) is 0.571. The summed E-state index contributed by atoms with van der Waals surface area (Å²) in [6.45, 7) is 2.83. The number of hydrogen-bond donors (Lipinski definition) is 0. The Morgan fingerprint density at radius 1 is 1.35 bits per heavy atom. The Kier molecular flexibility index (Phi) is 3.48. The normalized spacial score (nSPS) is 25.2. The zero-order valence-electron chi connectivity index (χ0n) is 13.6. The van der Waals surface area contributed by atoms with Gasteiger partial charge < -0.3 is 9.64 Å². The Morgan fingerprint density at radius 3 is 2.87 bits per heavy atom. The van der Waals surface area contributed by atoms with E-state index in [0.29, 0.717) is 12.1 Å². The highest BCUT2D eigenvalue weighted by molar-refractivity contribution is 5.89. The van der Waals surface area contributed by atoms with Crippen LogP contribution in [-0.2, 0) is 4.74 Å². The van der Waals surface area contributed by atoms with E-state index in [2.05, 4.69) is 28.8 Å². The fourth-order valence-electron chi connectivity index (χ4n) is 4.39. The van der Waals surface area contributed by atoms with E-state index in [1.807, 2.05) is 0 Å². The van der Waals surface area contributed by atoms with Crippen LogP contribution < -0.4 is 4.90 Å². The average molecular weight is 315 g/mol. The van der Waals surface area contributed by atoms with Crippen molar-refractivity contribution < 1.29 is 9.13 Å². The Labute approximate surface area is 135 Å². The van der Waals surface area contributed by atoms with Crippen molar-refractivity contribution >= 4 is 16.7 Å². The molecule has 5 heteroatoms. The Bertz CT molecular complexity index is 731.